The van der Waals surface area contributed by atoms with Crippen LogP contribution < -0.4 is 16.0 Å². The van der Waals surface area contributed by atoms with Crippen LogP contribution in [0.15, 0.2) is 75.4 Å². The van der Waals surface area contributed by atoms with Crippen molar-refractivity contribution in [3.63, 3.8) is 0 Å². The Labute approximate surface area is 186 Å². The fourth-order valence-corrected chi connectivity index (χ4v) is 3.99. The van der Waals surface area contributed by atoms with Crippen LogP contribution in [0.1, 0.15) is 21.9 Å². The van der Waals surface area contributed by atoms with E-state index in [1.807, 2.05) is 34.9 Å². The molecule has 4 aromatic rings. The van der Waals surface area contributed by atoms with Gasteiger partial charge >= 0.3 is 5.69 Å². The van der Waals surface area contributed by atoms with Crippen molar-refractivity contribution in [2.24, 2.45) is 0 Å². The highest BCUT2D eigenvalue weighted by atomic mass is 32.2. The Morgan fingerprint density at radius 3 is 2.47 bits per heavy atom. The number of hydrogen-bond donors (Lipinski definition) is 2. The van der Waals surface area contributed by atoms with E-state index in [1.165, 1.54) is 17.8 Å². The first kappa shape index (κ1) is 21.3. The van der Waals surface area contributed by atoms with E-state index >= 15 is 0 Å². The fourth-order valence-electron chi connectivity index (χ4n) is 3.12. The van der Waals surface area contributed by atoms with Gasteiger partial charge in [0.15, 0.2) is 10.9 Å². The predicted molar refractivity (Wildman–Crippen MR) is 120 cm³/mol. The molecule has 2 N–H and O–H groups in total. The van der Waals surface area contributed by atoms with Crippen molar-refractivity contribution in [1.82, 2.24) is 24.7 Å². The minimum Gasteiger partial charge on any atom is -0.497 e. The van der Waals surface area contributed by atoms with Crippen LogP contribution in [0.2, 0.25) is 0 Å². The zero-order valence-electron chi connectivity index (χ0n) is 17.1. The Morgan fingerprint density at radius 1 is 1.03 bits per heavy atom. The number of aromatic nitrogens is 5. The van der Waals surface area contributed by atoms with Crippen molar-refractivity contribution in [3.8, 4) is 11.4 Å². The molecule has 2 aromatic carbocycles. The number of benzene rings is 2. The number of aromatic amines is 2. The van der Waals surface area contributed by atoms with Crippen LogP contribution in [0.4, 0.5) is 0 Å². The predicted octanol–water partition coefficient (Wildman–Crippen LogP) is 2.22. The lowest BCUT2D eigenvalue weighted by molar-refractivity contribution is 0.102. The first-order chi connectivity index (χ1) is 15.5. The van der Waals surface area contributed by atoms with Gasteiger partial charge in [0.1, 0.15) is 11.6 Å². The molecular formula is C22H19N5O4S. The van der Waals surface area contributed by atoms with Gasteiger partial charge < -0.3 is 9.72 Å². The van der Waals surface area contributed by atoms with Gasteiger partial charge in [-0.25, -0.2) is 4.79 Å². The molecule has 0 aliphatic rings. The molecule has 0 aliphatic carbocycles. The first-order valence-corrected chi connectivity index (χ1v) is 10.6. The SMILES string of the molecule is COc1ccc(C(=O)CSc2nnc(Cc3cc(=O)[nH]c(=O)[nH]3)n2-c2ccccc2)cc1. The summed E-state index contributed by atoms with van der Waals surface area (Å²) in [7, 11) is 1.57. The number of nitrogens with one attached hydrogen (secondary N) is 2. The minimum atomic E-state index is -0.585. The minimum absolute atomic E-state index is 0.0549. The summed E-state index contributed by atoms with van der Waals surface area (Å²) in [4.78, 5) is 40.6. The summed E-state index contributed by atoms with van der Waals surface area (Å²) in [5.74, 6) is 1.32. The molecule has 0 bridgehead atoms. The van der Waals surface area contributed by atoms with Crippen LogP contribution in [0.3, 0.4) is 0 Å². The second-order valence-corrected chi connectivity index (χ2v) is 7.74. The third-order valence-corrected chi connectivity index (χ3v) is 5.55. The van der Waals surface area contributed by atoms with Gasteiger partial charge in [-0.2, -0.15) is 0 Å². The molecule has 0 atom stereocenters. The molecule has 4 rings (SSSR count). The summed E-state index contributed by atoms with van der Waals surface area (Å²) in [5.41, 5.74) is 0.714. The number of methoxy groups -OCH3 is 1. The van der Waals surface area contributed by atoms with Gasteiger partial charge in [-0.05, 0) is 36.4 Å². The standard InChI is InChI=1S/C22H19N5O4S/c1-31-17-9-7-14(8-10-17)18(28)13-32-22-26-25-19(27(22)16-5-3-2-4-6-16)11-15-12-20(29)24-21(30)23-15/h2-10,12H,11,13H2,1H3,(H2,23,24,29,30). The Kier molecular flexibility index (Phi) is 6.31. The number of H-pyrrole nitrogens is 2. The van der Waals surface area contributed by atoms with Gasteiger partial charge in [0.05, 0.1) is 12.9 Å². The lowest BCUT2D eigenvalue weighted by Crippen LogP contribution is -2.23. The quantitative estimate of drug-likeness (QED) is 0.312. The van der Waals surface area contributed by atoms with E-state index in [-0.39, 0.29) is 18.0 Å². The number of ketones is 1. The van der Waals surface area contributed by atoms with Crippen LogP contribution in [-0.4, -0.2) is 43.4 Å². The zero-order chi connectivity index (χ0) is 22.5. The summed E-state index contributed by atoms with van der Waals surface area (Å²) in [6, 6.07) is 17.7. The molecule has 0 spiro atoms. The molecule has 2 heterocycles. The van der Waals surface area contributed by atoms with Gasteiger partial charge in [0.2, 0.25) is 0 Å². The van der Waals surface area contributed by atoms with E-state index in [2.05, 4.69) is 20.2 Å². The van der Waals surface area contributed by atoms with Crippen molar-refractivity contribution in [2.75, 3.05) is 12.9 Å². The molecule has 32 heavy (non-hydrogen) atoms. The largest absolute Gasteiger partial charge is 0.497 e. The normalized spacial score (nSPS) is 10.8. The summed E-state index contributed by atoms with van der Waals surface area (Å²) < 4.78 is 6.94. The Balaban J connectivity index is 1.61. The highest BCUT2D eigenvalue weighted by Crippen LogP contribution is 2.24. The Bertz CT molecular complexity index is 1320. The molecule has 2 aromatic heterocycles. The third-order valence-electron chi connectivity index (χ3n) is 4.62. The van der Waals surface area contributed by atoms with Gasteiger partial charge in [-0.1, -0.05) is 30.0 Å². The van der Waals surface area contributed by atoms with Crippen LogP contribution >= 0.6 is 11.8 Å². The van der Waals surface area contributed by atoms with Crippen LogP contribution in [0, 0.1) is 0 Å². The molecule has 10 heteroatoms. The fraction of sp³-hybridized carbons (Fsp3) is 0.136. The lowest BCUT2D eigenvalue weighted by Gasteiger charge is -2.10. The Morgan fingerprint density at radius 2 is 1.78 bits per heavy atom. The maximum atomic E-state index is 12.6. The molecule has 9 nitrogen and oxygen atoms in total. The van der Waals surface area contributed by atoms with E-state index in [9.17, 15) is 14.4 Å². The van der Waals surface area contributed by atoms with E-state index in [1.54, 1.807) is 31.4 Å². The molecule has 162 valence electrons. The highest BCUT2D eigenvalue weighted by molar-refractivity contribution is 7.99. The van der Waals surface area contributed by atoms with Crippen LogP contribution in [-0.2, 0) is 6.42 Å². The maximum Gasteiger partial charge on any atom is 0.325 e. The van der Waals surface area contributed by atoms with Crippen molar-refractivity contribution >= 4 is 17.5 Å². The molecule has 0 aliphatic heterocycles. The van der Waals surface area contributed by atoms with Crippen LogP contribution in [0.25, 0.3) is 5.69 Å². The van der Waals surface area contributed by atoms with Crippen molar-refractivity contribution in [2.45, 2.75) is 11.6 Å². The number of thioether (sulfide) groups is 1. The first-order valence-electron chi connectivity index (χ1n) is 9.66. The van der Waals surface area contributed by atoms with E-state index in [0.29, 0.717) is 28.0 Å². The number of nitrogens with zero attached hydrogens (tertiary/aromatic N) is 3. The van der Waals surface area contributed by atoms with E-state index < -0.39 is 11.2 Å². The number of carbonyl (C=O) groups is 1. The summed E-state index contributed by atoms with van der Waals surface area (Å²) >= 11 is 1.26. The monoisotopic (exact) mass is 449 g/mol. The number of rotatable bonds is 8. The topological polar surface area (TPSA) is 123 Å². The smallest absolute Gasteiger partial charge is 0.325 e. The summed E-state index contributed by atoms with van der Waals surface area (Å²) in [6.45, 7) is 0. The summed E-state index contributed by atoms with van der Waals surface area (Å²) in [5, 5.41) is 9.03. The third kappa shape index (κ3) is 4.86. The van der Waals surface area contributed by atoms with Crippen molar-refractivity contribution in [3.05, 3.63) is 98.6 Å². The van der Waals surface area contributed by atoms with Crippen molar-refractivity contribution < 1.29 is 9.53 Å². The molecule has 0 unspecified atom stereocenters. The highest BCUT2D eigenvalue weighted by Gasteiger charge is 2.17. The second kappa shape index (κ2) is 9.48. The molecule has 0 radical (unpaired) electrons. The van der Waals surface area contributed by atoms with Gasteiger partial charge in [-0.15, -0.1) is 10.2 Å². The maximum absolute atomic E-state index is 12.6. The molecule has 0 saturated carbocycles. The molecule has 0 saturated heterocycles. The average molecular weight is 449 g/mol. The molecular weight excluding hydrogens is 430 g/mol. The van der Waals surface area contributed by atoms with Crippen LogP contribution in [0.5, 0.6) is 5.75 Å². The number of para-hydroxylation sites is 1. The number of ether oxygens (including phenoxy) is 1. The van der Waals surface area contributed by atoms with Gasteiger partial charge in [-0.3, -0.25) is 19.1 Å². The molecule has 0 amide bonds. The average Bonchev–Trinajstić information content (AvgIpc) is 3.19. The van der Waals surface area contributed by atoms with Gasteiger partial charge in [0.25, 0.3) is 5.56 Å². The lowest BCUT2D eigenvalue weighted by atomic mass is 10.1. The number of hydrogen-bond acceptors (Lipinski definition) is 7. The Hall–Kier alpha value is -3.92. The summed E-state index contributed by atoms with van der Waals surface area (Å²) in [6.07, 6.45) is 0.189. The van der Waals surface area contributed by atoms with Gasteiger partial charge in [0, 0.05) is 29.4 Å². The zero-order valence-corrected chi connectivity index (χ0v) is 17.9. The van der Waals surface area contributed by atoms with E-state index in [4.69, 9.17) is 4.74 Å². The number of carbonyl (C=O) groups excluding carboxylic acids is 1. The van der Waals surface area contributed by atoms with Crippen molar-refractivity contribution in [1.29, 1.82) is 0 Å². The number of Topliss-reactive ketones (excluding diaryl/α,β-unsaturated/α-hetero) is 1. The van der Waals surface area contributed by atoms with E-state index in [0.717, 1.165) is 5.69 Å². The molecule has 0 fully saturated rings. The second-order valence-electron chi connectivity index (χ2n) is 6.80.